The molecule has 1 aromatic carbocycles. The zero-order chi connectivity index (χ0) is 16.9. The molecule has 0 radical (unpaired) electrons. The minimum Gasteiger partial charge on any atom is -0.507 e. The van der Waals surface area contributed by atoms with E-state index in [4.69, 9.17) is 14.2 Å². The summed E-state index contributed by atoms with van der Waals surface area (Å²) in [7, 11) is 2.72. The van der Waals surface area contributed by atoms with Crippen LogP contribution in [-0.4, -0.2) is 41.8 Å². The van der Waals surface area contributed by atoms with E-state index >= 15 is 0 Å². The first-order chi connectivity index (χ1) is 10.8. The lowest BCUT2D eigenvalue weighted by molar-refractivity contribution is -0.223. The Morgan fingerprint density at radius 3 is 2.39 bits per heavy atom. The molecule has 0 unspecified atom stereocenters. The number of carbonyl (C=O) groups excluding carboxylic acids is 2. The summed E-state index contributed by atoms with van der Waals surface area (Å²) in [6, 6.07) is 0. The monoisotopic (exact) mass is 320 g/mol. The number of Topliss-reactive ketones (excluding diaryl/α,β-unsaturated/α-hetero) is 1. The molecule has 1 aliphatic carbocycles. The van der Waals surface area contributed by atoms with E-state index in [1.807, 2.05) is 0 Å². The van der Waals surface area contributed by atoms with Gasteiger partial charge in [-0.05, 0) is 6.92 Å². The second-order valence-corrected chi connectivity index (χ2v) is 5.61. The van der Waals surface area contributed by atoms with Crippen LogP contribution in [0.5, 0.6) is 11.5 Å². The van der Waals surface area contributed by atoms with E-state index in [1.165, 1.54) is 14.2 Å². The van der Waals surface area contributed by atoms with Crippen molar-refractivity contribution in [2.24, 2.45) is 0 Å². The Morgan fingerprint density at radius 2 is 1.78 bits per heavy atom. The molecule has 0 aromatic heterocycles. The van der Waals surface area contributed by atoms with Gasteiger partial charge in [0.1, 0.15) is 11.5 Å². The molecule has 1 heterocycles. The summed E-state index contributed by atoms with van der Waals surface area (Å²) in [4.78, 5) is 24.6. The summed E-state index contributed by atoms with van der Waals surface area (Å²) in [5.74, 6) is -3.13. The Bertz CT molecular complexity index is 762. The van der Waals surface area contributed by atoms with Gasteiger partial charge in [0, 0.05) is 30.7 Å². The minimum atomic E-state index is -0.993. The fourth-order valence-corrected chi connectivity index (χ4v) is 2.89. The predicted molar refractivity (Wildman–Crippen MR) is 77.4 cm³/mol. The van der Waals surface area contributed by atoms with Gasteiger partial charge in [0.15, 0.2) is 17.3 Å². The van der Waals surface area contributed by atoms with Crippen LogP contribution in [0.25, 0.3) is 0 Å². The summed E-state index contributed by atoms with van der Waals surface area (Å²) >= 11 is 0. The zero-order valence-corrected chi connectivity index (χ0v) is 12.9. The van der Waals surface area contributed by atoms with Gasteiger partial charge in [-0.3, -0.25) is 9.59 Å². The number of rotatable bonds is 2. The lowest BCUT2D eigenvalue weighted by atomic mass is 9.84. The molecule has 0 fully saturated rings. The molecule has 0 spiro atoms. The van der Waals surface area contributed by atoms with E-state index < -0.39 is 17.4 Å². The van der Waals surface area contributed by atoms with E-state index in [0.717, 1.165) is 6.08 Å². The van der Waals surface area contributed by atoms with Gasteiger partial charge in [0.2, 0.25) is 5.78 Å². The lowest BCUT2D eigenvalue weighted by Gasteiger charge is -2.35. The van der Waals surface area contributed by atoms with Gasteiger partial charge in [-0.2, -0.15) is 0 Å². The Morgan fingerprint density at radius 1 is 1.13 bits per heavy atom. The fourth-order valence-electron chi connectivity index (χ4n) is 2.89. The number of methoxy groups -OCH3 is 2. The standard InChI is InChI=1S/C16H16O7/c1-16(22-3)5-7-8(6-23-16)14(19)11-9(17)4-10(21-2)15(20)12(11)13(7)18/h4,18-19H,5-6H2,1-3H3/t16-/m1/s1. The molecule has 0 amide bonds. The summed E-state index contributed by atoms with van der Waals surface area (Å²) in [5, 5.41) is 21.0. The molecule has 2 N–H and O–H groups in total. The van der Waals surface area contributed by atoms with Crippen molar-refractivity contribution in [2.45, 2.75) is 25.7 Å². The molecular weight excluding hydrogens is 304 g/mol. The van der Waals surface area contributed by atoms with Crippen molar-refractivity contribution in [1.82, 2.24) is 0 Å². The number of aromatic hydroxyl groups is 2. The Balaban J connectivity index is 2.27. The van der Waals surface area contributed by atoms with Gasteiger partial charge < -0.3 is 24.4 Å². The van der Waals surface area contributed by atoms with Gasteiger partial charge in [-0.1, -0.05) is 0 Å². The van der Waals surface area contributed by atoms with E-state index in [0.29, 0.717) is 5.56 Å². The van der Waals surface area contributed by atoms with E-state index in [2.05, 4.69) is 0 Å². The molecule has 1 atom stereocenters. The second-order valence-electron chi connectivity index (χ2n) is 5.61. The van der Waals surface area contributed by atoms with Crippen molar-refractivity contribution < 1.29 is 34.0 Å². The number of allylic oxidation sites excluding steroid dienone is 2. The number of phenolic OH excluding ortho intramolecular Hbond substituents is 2. The molecule has 3 rings (SSSR count). The van der Waals surface area contributed by atoms with Crippen LogP contribution >= 0.6 is 0 Å². The number of benzene rings is 1. The van der Waals surface area contributed by atoms with Crippen LogP contribution < -0.4 is 0 Å². The van der Waals surface area contributed by atoms with E-state index in [9.17, 15) is 19.8 Å². The molecule has 122 valence electrons. The SMILES string of the molecule is COC1=CC(=O)c2c(O)c3c(c(O)c2C1=O)C[C@](C)(OC)OC3. The molecular formula is C16H16O7. The molecule has 7 heteroatoms. The van der Waals surface area contributed by atoms with Crippen molar-refractivity contribution in [3.8, 4) is 11.5 Å². The number of fused-ring (bicyclic) bond motifs is 2. The first kappa shape index (κ1) is 15.5. The Kier molecular flexibility index (Phi) is 3.42. The Labute approximate surface area is 132 Å². The molecule has 0 saturated carbocycles. The largest absolute Gasteiger partial charge is 0.507 e. The van der Waals surface area contributed by atoms with Crippen LogP contribution in [0.1, 0.15) is 38.8 Å². The van der Waals surface area contributed by atoms with Crippen LogP contribution in [0.4, 0.5) is 0 Å². The topological polar surface area (TPSA) is 102 Å². The highest BCUT2D eigenvalue weighted by Crippen LogP contribution is 2.45. The molecule has 1 aliphatic heterocycles. The first-order valence-corrected chi connectivity index (χ1v) is 6.96. The van der Waals surface area contributed by atoms with Gasteiger partial charge >= 0.3 is 0 Å². The number of hydrogen-bond acceptors (Lipinski definition) is 7. The normalized spacial score (nSPS) is 23.2. The smallest absolute Gasteiger partial charge is 0.232 e. The molecule has 0 bridgehead atoms. The van der Waals surface area contributed by atoms with Gasteiger partial charge in [0.25, 0.3) is 0 Å². The van der Waals surface area contributed by atoms with Crippen LogP contribution in [0.3, 0.4) is 0 Å². The third-order valence-corrected chi connectivity index (χ3v) is 4.29. The third-order valence-electron chi connectivity index (χ3n) is 4.29. The highest BCUT2D eigenvalue weighted by molar-refractivity contribution is 6.26. The van der Waals surface area contributed by atoms with Crippen molar-refractivity contribution in [2.75, 3.05) is 14.2 Å². The number of carbonyl (C=O) groups is 2. The maximum Gasteiger partial charge on any atom is 0.232 e. The van der Waals surface area contributed by atoms with Crippen molar-refractivity contribution >= 4 is 11.6 Å². The summed E-state index contributed by atoms with van der Waals surface area (Å²) in [6.07, 6.45) is 1.12. The van der Waals surface area contributed by atoms with Crippen LogP contribution in [0.2, 0.25) is 0 Å². The Hall–Kier alpha value is -2.38. The summed E-state index contributed by atoms with van der Waals surface area (Å²) in [5.41, 5.74) is 0.143. The van der Waals surface area contributed by atoms with Crippen molar-refractivity contribution in [1.29, 1.82) is 0 Å². The fraction of sp³-hybridized carbons (Fsp3) is 0.375. The lowest BCUT2D eigenvalue weighted by Crippen LogP contribution is -2.37. The highest BCUT2D eigenvalue weighted by Gasteiger charge is 2.40. The van der Waals surface area contributed by atoms with E-state index in [-0.39, 0.29) is 47.0 Å². The predicted octanol–water partition coefficient (Wildman–Crippen LogP) is 1.44. The third kappa shape index (κ3) is 2.12. The highest BCUT2D eigenvalue weighted by atomic mass is 16.7. The minimum absolute atomic E-state index is 0.0470. The number of phenols is 2. The number of ketones is 2. The van der Waals surface area contributed by atoms with Crippen LogP contribution in [0, 0.1) is 0 Å². The van der Waals surface area contributed by atoms with Crippen LogP contribution in [0.15, 0.2) is 11.8 Å². The molecule has 7 nitrogen and oxygen atoms in total. The van der Waals surface area contributed by atoms with Gasteiger partial charge in [-0.15, -0.1) is 0 Å². The zero-order valence-electron chi connectivity index (χ0n) is 12.9. The van der Waals surface area contributed by atoms with Crippen LogP contribution in [-0.2, 0) is 27.2 Å². The van der Waals surface area contributed by atoms with Gasteiger partial charge in [0.05, 0.1) is 24.8 Å². The average Bonchev–Trinajstić information content (AvgIpc) is 2.54. The van der Waals surface area contributed by atoms with Crippen molar-refractivity contribution in [3.63, 3.8) is 0 Å². The average molecular weight is 320 g/mol. The quantitative estimate of drug-likeness (QED) is 0.795. The number of ether oxygens (including phenoxy) is 3. The molecule has 1 aromatic rings. The summed E-state index contributed by atoms with van der Waals surface area (Å²) < 4.78 is 15.7. The summed E-state index contributed by atoms with van der Waals surface area (Å²) in [6.45, 7) is 1.63. The maximum absolute atomic E-state index is 12.4. The second kappa shape index (κ2) is 5.07. The van der Waals surface area contributed by atoms with Crippen molar-refractivity contribution in [3.05, 3.63) is 34.1 Å². The first-order valence-electron chi connectivity index (χ1n) is 6.96. The van der Waals surface area contributed by atoms with Gasteiger partial charge in [-0.25, -0.2) is 0 Å². The number of hydrogen-bond donors (Lipinski definition) is 2. The molecule has 0 saturated heterocycles. The molecule has 2 aliphatic rings. The van der Waals surface area contributed by atoms with E-state index in [1.54, 1.807) is 6.92 Å². The molecule has 23 heavy (non-hydrogen) atoms. The maximum atomic E-state index is 12.4.